The van der Waals surface area contributed by atoms with E-state index in [-0.39, 0.29) is 12.2 Å². The molecule has 22 heavy (non-hydrogen) atoms. The zero-order valence-corrected chi connectivity index (χ0v) is 11.5. The van der Waals surface area contributed by atoms with E-state index in [1.807, 2.05) is 22.0 Å². The summed E-state index contributed by atoms with van der Waals surface area (Å²) in [7, 11) is 0. The van der Waals surface area contributed by atoms with Crippen LogP contribution < -0.4 is 5.56 Å². The van der Waals surface area contributed by atoms with Crippen molar-refractivity contribution in [1.82, 2.24) is 19.9 Å². The quantitative estimate of drug-likeness (QED) is 0.918. The number of halogens is 3. The molecule has 1 N–H and O–H groups in total. The molecule has 0 aliphatic carbocycles. The Labute approximate surface area is 123 Å². The van der Waals surface area contributed by atoms with Gasteiger partial charge in [0.25, 0.3) is 5.56 Å². The van der Waals surface area contributed by atoms with E-state index in [1.165, 1.54) is 0 Å². The number of H-pyrrole nitrogens is 1. The van der Waals surface area contributed by atoms with Crippen LogP contribution in [0.1, 0.15) is 22.8 Å². The van der Waals surface area contributed by atoms with Crippen LogP contribution in [0.25, 0.3) is 0 Å². The normalized spacial score (nSPS) is 15.6. The van der Waals surface area contributed by atoms with Gasteiger partial charge in [0, 0.05) is 31.4 Å². The molecule has 0 unspecified atom stereocenters. The van der Waals surface area contributed by atoms with Crippen molar-refractivity contribution in [3.63, 3.8) is 0 Å². The summed E-state index contributed by atoms with van der Waals surface area (Å²) in [5, 5.41) is 0. The summed E-state index contributed by atoms with van der Waals surface area (Å²) in [5.41, 5.74) is 0.658. The van der Waals surface area contributed by atoms with Crippen LogP contribution >= 0.6 is 0 Å². The Bertz CT molecular complexity index is 727. The summed E-state index contributed by atoms with van der Waals surface area (Å²) >= 11 is 0. The third-order valence-electron chi connectivity index (χ3n) is 3.53. The fourth-order valence-corrected chi connectivity index (χ4v) is 2.48. The first kappa shape index (κ1) is 14.7. The van der Waals surface area contributed by atoms with Gasteiger partial charge < -0.3 is 4.98 Å². The molecule has 116 valence electrons. The van der Waals surface area contributed by atoms with E-state index in [4.69, 9.17) is 0 Å². The second-order valence-electron chi connectivity index (χ2n) is 5.12. The highest BCUT2D eigenvalue weighted by molar-refractivity contribution is 5.22. The molecule has 1 aliphatic rings. The van der Waals surface area contributed by atoms with Crippen LogP contribution in [-0.2, 0) is 25.7 Å². The fraction of sp³-hybridized carbons (Fsp3) is 0.357. The summed E-state index contributed by atoms with van der Waals surface area (Å²) in [5.74, 6) is -1.24. The lowest BCUT2D eigenvalue weighted by molar-refractivity contribution is -0.145. The minimum Gasteiger partial charge on any atom is -0.303 e. The highest BCUT2D eigenvalue weighted by Crippen LogP contribution is 2.26. The third kappa shape index (κ3) is 3.01. The van der Waals surface area contributed by atoms with Crippen molar-refractivity contribution >= 4 is 0 Å². The number of pyridine rings is 1. The lowest BCUT2D eigenvalue weighted by Gasteiger charge is -2.27. The second-order valence-corrected chi connectivity index (χ2v) is 5.12. The standard InChI is InChI=1S/C14H13F3N4O/c15-14(16,17)13-19-11-8-21(6-4-10(11)12(22)20-13)7-9-3-1-2-5-18-9/h1-3,5H,4,6-8H2,(H,19,20,22). The number of hydrogen-bond donors (Lipinski definition) is 1. The van der Waals surface area contributed by atoms with Crippen molar-refractivity contribution in [2.45, 2.75) is 25.7 Å². The van der Waals surface area contributed by atoms with Crippen LogP contribution in [-0.4, -0.2) is 26.4 Å². The molecular formula is C14H13F3N4O. The predicted molar refractivity (Wildman–Crippen MR) is 71.9 cm³/mol. The van der Waals surface area contributed by atoms with Gasteiger partial charge in [-0.2, -0.15) is 13.2 Å². The predicted octanol–water partition coefficient (Wildman–Crippen LogP) is 1.74. The zero-order valence-electron chi connectivity index (χ0n) is 11.5. The van der Waals surface area contributed by atoms with E-state index in [1.54, 1.807) is 12.3 Å². The smallest absolute Gasteiger partial charge is 0.303 e. The molecule has 2 aromatic rings. The van der Waals surface area contributed by atoms with Crippen molar-refractivity contribution < 1.29 is 13.2 Å². The van der Waals surface area contributed by atoms with Crippen LogP contribution in [0.3, 0.4) is 0 Å². The van der Waals surface area contributed by atoms with Gasteiger partial charge in [-0.25, -0.2) is 4.98 Å². The maximum atomic E-state index is 12.7. The largest absolute Gasteiger partial charge is 0.449 e. The maximum absolute atomic E-state index is 12.7. The Morgan fingerprint density at radius 2 is 2.14 bits per heavy atom. The van der Waals surface area contributed by atoms with Gasteiger partial charge in [-0.3, -0.25) is 14.7 Å². The molecule has 0 amide bonds. The zero-order chi connectivity index (χ0) is 15.7. The first-order chi connectivity index (χ1) is 10.4. The summed E-state index contributed by atoms with van der Waals surface area (Å²) in [6, 6.07) is 5.50. The van der Waals surface area contributed by atoms with Crippen molar-refractivity contribution in [2.75, 3.05) is 6.54 Å². The van der Waals surface area contributed by atoms with Crippen molar-refractivity contribution in [3.8, 4) is 0 Å². The summed E-state index contributed by atoms with van der Waals surface area (Å²) < 4.78 is 38.2. The molecule has 0 fully saturated rings. The van der Waals surface area contributed by atoms with Gasteiger partial charge in [0.2, 0.25) is 5.82 Å². The van der Waals surface area contributed by atoms with Crippen molar-refractivity contribution in [2.24, 2.45) is 0 Å². The van der Waals surface area contributed by atoms with Crippen molar-refractivity contribution in [3.05, 3.63) is 57.5 Å². The SMILES string of the molecule is O=c1[nH]c(C(F)(F)F)nc2c1CCN(Cc1ccccn1)C2. The molecule has 0 saturated heterocycles. The lowest BCUT2D eigenvalue weighted by atomic mass is 10.1. The molecule has 5 nitrogen and oxygen atoms in total. The van der Waals surface area contributed by atoms with E-state index in [0.717, 1.165) is 5.69 Å². The van der Waals surface area contributed by atoms with Gasteiger partial charge in [0.1, 0.15) is 0 Å². The second kappa shape index (κ2) is 5.53. The monoisotopic (exact) mass is 310 g/mol. The number of rotatable bonds is 2. The molecule has 2 aromatic heterocycles. The van der Waals surface area contributed by atoms with Gasteiger partial charge in [-0.15, -0.1) is 0 Å². The number of nitrogens with zero attached hydrogens (tertiary/aromatic N) is 3. The minimum absolute atomic E-state index is 0.193. The molecule has 0 aromatic carbocycles. The minimum atomic E-state index is -4.66. The van der Waals surface area contributed by atoms with Crippen LogP contribution in [0.15, 0.2) is 29.2 Å². The molecule has 0 saturated carbocycles. The molecule has 1 aliphatic heterocycles. The maximum Gasteiger partial charge on any atom is 0.449 e. The van der Waals surface area contributed by atoms with Crippen LogP contribution in [0.4, 0.5) is 13.2 Å². The van der Waals surface area contributed by atoms with Crippen LogP contribution in [0, 0.1) is 0 Å². The average Bonchev–Trinajstić information content (AvgIpc) is 2.47. The number of aromatic nitrogens is 3. The molecule has 0 atom stereocenters. The van der Waals surface area contributed by atoms with E-state index in [0.29, 0.717) is 25.1 Å². The van der Waals surface area contributed by atoms with Gasteiger partial charge in [-0.1, -0.05) is 6.07 Å². The summed E-state index contributed by atoms with van der Waals surface area (Å²) in [6.07, 6.45) is -2.61. The van der Waals surface area contributed by atoms with Gasteiger partial charge in [0.05, 0.1) is 11.4 Å². The average molecular weight is 310 g/mol. The molecule has 0 radical (unpaired) electrons. The molecule has 3 heterocycles. The van der Waals surface area contributed by atoms with E-state index >= 15 is 0 Å². The van der Waals surface area contributed by atoms with Gasteiger partial charge >= 0.3 is 6.18 Å². The Kier molecular flexibility index (Phi) is 3.69. The summed E-state index contributed by atoms with van der Waals surface area (Å²) in [4.78, 5) is 23.3. The van der Waals surface area contributed by atoms with E-state index in [2.05, 4.69) is 9.97 Å². The lowest BCUT2D eigenvalue weighted by Crippen LogP contribution is -2.36. The molecule has 3 rings (SSSR count). The third-order valence-corrected chi connectivity index (χ3v) is 3.53. The fourth-order valence-electron chi connectivity index (χ4n) is 2.48. The molecule has 8 heteroatoms. The highest BCUT2D eigenvalue weighted by atomic mass is 19.4. The number of aromatic amines is 1. The Balaban J connectivity index is 1.85. The number of alkyl halides is 3. The van der Waals surface area contributed by atoms with Crippen LogP contribution in [0.2, 0.25) is 0 Å². The van der Waals surface area contributed by atoms with Gasteiger partial charge in [-0.05, 0) is 18.6 Å². The van der Waals surface area contributed by atoms with E-state index < -0.39 is 17.6 Å². The number of fused-ring (bicyclic) bond motifs is 1. The first-order valence-corrected chi connectivity index (χ1v) is 6.75. The number of hydrogen-bond acceptors (Lipinski definition) is 4. The summed E-state index contributed by atoms with van der Waals surface area (Å²) in [6.45, 7) is 1.30. The Morgan fingerprint density at radius 1 is 1.32 bits per heavy atom. The molecule has 0 bridgehead atoms. The van der Waals surface area contributed by atoms with Crippen molar-refractivity contribution in [1.29, 1.82) is 0 Å². The van der Waals surface area contributed by atoms with Gasteiger partial charge in [0.15, 0.2) is 0 Å². The Hall–Kier alpha value is -2.22. The van der Waals surface area contributed by atoms with Crippen LogP contribution in [0.5, 0.6) is 0 Å². The highest BCUT2D eigenvalue weighted by Gasteiger charge is 2.35. The molecule has 0 spiro atoms. The first-order valence-electron chi connectivity index (χ1n) is 6.75. The number of nitrogens with one attached hydrogen (secondary N) is 1. The topological polar surface area (TPSA) is 61.9 Å². The molecular weight excluding hydrogens is 297 g/mol. The Morgan fingerprint density at radius 3 is 2.82 bits per heavy atom. The van der Waals surface area contributed by atoms with E-state index in [9.17, 15) is 18.0 Å².